The average molecular weight is 240 g/mol. The topological polar surface area (TPSA) is 53.6 Å². The zero-order valence-electron chi connectivity index (χ0n) is 10.5. The highest BCUT2D eigenvalue weighted by atomic mass is 15.1. The standard InChI is InChI=1S/C14H16N4/c1-18-13-7-10(9-15)4-5-12(13)17-14(18)8-11-3-2-6-16-11/h4-5,7,11,16H,2-3,6,8H2,1H3. The normalized spacial score (nSPS) is 19.2. The Labute approximate surface area is 106 Å². The monoisotopic (exact) mass is 240 g/mol. The van der Waals surface area contributed by atoms with Gasteiger partial charge >= 0.3 is 0 Å². The molecular weight excluding hydrogens is 224 g/mol. The summed E-state index contributed by atoms with van der Waals surface area (Å²) in [5.41, 5.74) is 2.71. The van der Waals surface area contributed by atoms with Gasteiger partial charge in [0.05, 0.1) is 22.7 Å². The van der Waals surface area contributed by atoms with E-state index in [1.165, 1.54) is 12.8 Å². The van der Waals surface area contributed by atoms with Crippen LogP contribution in [-0.4, -0.2) is 22.1 Å². The number of benzene rings is 1. The smallest absolute Gasteiger partial charge is 0.111 e. The summed E-state index contributed by atoms with van der Waals surface area (Å²) in [7, 11) is 2.03. The Morgan fingerprint density at radius 1 is 1.56 bits per heavy atom. The van der Waals surface area contributed by atoms with E-state index in [0.717, 1.165) is 29.8 Å². The van der Waals surface area contributed by atoms with Crippen molar-refractivity contribution in [2.75, 3.05) is 6.54 Å². The van der Waals surface area contributed by atoms with E-state index >= 15 is 0 Å². The summed E-state index contributed by atoms with van der Waals surface area (Å²) in [6.07, 6.45) is 3.45. The van der Waals surface area contributed by atoms with Crippen LogP contribution in [0.2, 0.25) is 0 Å². The summed E-state index contributed by atoms with van der Waals surface area (Å²) in [6, 6.07) is 8.39. The van der Waals surface area contributed by atoms with Crippen LogP contribution in [0.3, 0.4) is 0 Å². The summed E-state index contributed by atoms with van der Waals surface area (Å²) in [4.78, 5) is 4.66. The maximum absolute atomic E-state index is 8.93. The van der Waals surface area contributed by atoms with Gasteiger partial charge in [-0.2, -0.15) is 5.26 Å². The first-order valence-electron chi connectivity index (χ1n) is 6.37. The Kier molecular flexibility index (Phi) is 2.77. The van der Waals surface area contributed by atoms with Crippen LogP contribution >= 0.6 is 0 Å². The summed E-state index contributed by atoms with van der Waals surface area (Å²) < 4.78 is 2.11. The van der Waals surface area contributed by atoms with Crippen LogP contribution in [0, 0.1) is 11.3 Å². The highest BCUT2D eigenvalue weighted by molar-refractivity contribution is 5.77. The lowest BCUT2D eigenvalue weighted by atomic mass is 10.1. The van der Waals surface area contributed by atoms with Crippen molar-refractivity contribution in [3.8, 4) is 6.07 Å². The Bertz CT molecular complexity index is 614. The summed E-state index contributed by atoms with van der Waals surface area (Å²) in [5, 5.41) is 12.4. The van der Waals surface area contributed by atoms with Crippen LogP contribution in [-0.2, 0) is 13.5 Å². The van der Waals surface area contributed by atoms with Crippen LogP contribution in [0.1, 0.15) is 24.2 Å². The first-order chi connectivity index (χ1) is 8.78. The van der Waals surface area contributed by atoms with Gasteiger partial charge in [0, 0.05) is 19.5 Å². The minimum absolute atomic E-state index is 0.552. The van der Waals surface area contributed by atoms with E-state index in [1.807, 2.05) is 25.2 Å². The molecule has 1 unspecified atom stereocenters. The molecule has 1 aromatic carbocycles. The lowest BCUT2D eigenvalue weighted by Gasteiger charge is -2.09. The molecule has 1 saturated heterocycles. The Hall–Kier alpha value is -1.86. The predicted octanol–water partition coefficient (Wildman–Crippen LogP) is 1.74. The van der Waals surface area contributed by atoms with Crippen molar-refractivity contribution in [3.63, 3.8) is 0 Å². The zero-order valence-corrected chi connectivity index (χ0v) is 10.5. The molecule has 0 aliphatic carbocycles. The van der Waals surface area contributed by atoms with E-state index in [1.54, 1.807) is 0 Å². The largest absolute Gasteiger partial charge is 0.331 e. The molecule has 1 fully saturated rings. The van der Waals surface area contributed by atoms with E-state index in [9.17, 15) is 0 Å². The minimum atomic E-state index is 0.552. The number of hydrogen-bond donors (Lipinski definition) is 1. The van der Waals surface area contributed by atoms with E-state index in [4.69, 9.17) is 5.26 Å². The van der Waals surface area contributed by atoms with E-state index in [2.05, 4.69) is 20.9 Å². The van der Waals surface area contributed by atoms with Crippen LogP contribution in [0.25, 0.3) is 11.0 Å². The average Bonchev–Trinajstić information content (AvgIpc) is 2.99. The predicted molar refractivity (Wildman–Crippen MR) is 70.2 cm³/mol. The molecule has 18 heavy (non-hydrogen) atoms. The molecule has 2 heterocycles. The van der Waals surface area contributed by atoms with E-state index in [0.29, 0.717) is 11.6 Å². The Morgan fingerprint density at radius 3 is 3.17 bits per heavy atom. The molecule has 1 aliphatic rings. The van der Waals surface area contributed by atoms with Gasteiger partial charge in [-0.05, 0) is 37.6 Å². The molecule has 1 N–H and O–H groups in total. The van der Waals surface area contributed by atoms with Crippen molar-refractivity contribution in [2.24, 2.45) is 7.05 Å². The van der Waals surface area contributed by atoms with Crippen molar-refractivity contribution in [1.29, 1.82) is 5.26 Å². The number of aromatic nitrogens is 2. The number of nitrogens with one attached hydrogen (secondary N) is 1. The summed E-state index contributed by atoms with van der Waals surface area (Å²) >= 11 is 0. The van der Waals surface area contributed by atoms with Crippen molar-refractivity contribution < 1.29 is 0 Å². The molecular formula is C14H16N4. The maximum atomic E-state index is 8.93. The summed E-state index contributed by atoms with van der Waals surface area (Å²) in [5.74, 6) is 1.10. The number of aryl methyl sites for hydroxylation is 1. The lowest BCUT2D eigenvalue weighted by molar-refractivity contribution is 0.575. The van der Waals surface area contributed by atoms with Gasteiger partial charge in [-0.15, -0.1) is 0 Å². The highest BCUT2D eigenvalue weighted by Gasteiger charge is 2.18. The van der Waals surface area contributed by atoms with Crippen LogP contribution in [0.15, 0.2) is 18.2 Å². The van der Waals surface area contributed by atoms with Gasteiger partial charge in [-0.25, -0.2) is 4.98 Å². The Morgan fingerprint density at radius 2 is 2.44 bits per heavy atom. The number of nitriles is 1. The maximum Gasteiger partial charge on any atom is 0.111 e. The highest BCUT2D eigenvalue weighted by Crippen LogP contribution is 2.19. The van der Waals surface area contributed by atoms with Crippen molar-refractivity contribution in [1.82, 2.24) is 14.9 Å². The molecule has 4 heteroatoms. The van der Waals surface area contributed by atoms with E-state index < -0.39 is 0 Å². The van der Waals surface area contributed by atoms with E-state index in [-0.39, 0.29) is 0 Å². The van der Waals surface area contributed by atoms with Gasteiger partial charge < -0.3 is 9.88 Å². The molecule has 0 amide bonds. The summed E-state index contributed by atoms with van der Waals surface area (Å²) in [6.45, 7) is 1.12. The van der Waals surface area contributed by atoms with Gasteiger partial charge in [0.1, 0.15) is 5.82 Å². The van der Waals surface area contributed by atoms with Crippen molar-refractivity contribution >= 4 is 11.0 Å². The Balaban J connectivity index is 1.97. The number of imidazole rings is 1. The fourth-order valence-electron chi connectivity index (χ4n) is 2.64. The lowest BCUT2D eigenvalue weighted by Crippen LogP contribution is -2.25. The second-order valence-electron chi connectivity index (χ2n) is 4.90. The van der Waals surface area contributed by atoms with Gasteiger partial charge in [-0.1, -0.05) is 0 Å². The second-order valence-corrected chi connectivity index (χ2v) is 4.90. The fraction of sp³-hybridized carbons (Fsp3) is 0.429. The van der Waals surface area contributed by atoms with Gasteiger partial charge in [0.15, 0.2) is 0 Å². The van der Waals surface area contributed by atoms with Crippen molar-refractivity contribution in [3.05, 3.63) is 29.6 Å². The molecule has 92 valence electrons. The second kappa shape index (κ2) is 4.43. The molecule has 0 spiro atoms. The van der Waals surface area contributed by atoms with Gasteiger partial charge in [0.25, 0.3) is 0 Å². The number of nitrogens with zero attached hydrogens (tertiary/aromatic N) is 3. The third-order valence-electron chi connectivity index (χ3n) is 3.69. The third-order valence-corrected chi connectivity index (χ3v) is 3.69. The SMILES string of the molecule is Cn1c(CC2CCCN2)nc2ccc(C#N)cc21. The van der Waals surface area contributed by atoms with Gasteiger partial charge in [0.2, 0.25) is 0 Å². The molecule has 0 radical (unpaired) electrons. The quantitative estimate of drug-likeness (QED) is 0.870. The van der Waals surface area contributed by atoms with Crippen molar-refractivity contribution in [2.45, 2.75) is 25.3 Å². The van der Waals surface area contributed by atoms with Crippen LogP contribution in [0.4, 0.5) is 0 Å². The van der Waals surface area contributed by atoms with Crippen LogP contribution < -0.4 is 5.32 Å². The first kappa shape index (κ1) is 11.2. The van der Waals surface area contributed by atoms with Gasteiger partial charge in [-0.3, -0.25) is 0 Å². The minimum Gasteiger partial charge on any atom is -0.331 e. The molecule has 0 bridgehead atoms. The van der Waals surface area contributed by atoms with Crippen LogP contribution in [0.5, 0.6) is 0 Å². The third kappa shape index (κ3) is 1.87. The zero-order chi connectivity index (χ0) is 12.5. The fourth-order valence-corrected chi connectivity index (χ4v) is 2.64. The molecule has 1 aromatic heterocycles. The first-order valence-corrected chi connectivity index (χ1v) is 6.37. The molecule has 2 aromatic rings. The number of rotatable bonds is 2. The molecule has 1 atom stereocenters. The number of hydrogen-bond acceptors (Lipinski definition) is 3. The molecule has 0 saturated carbocycles. The molecule has 1 aliphatic heterocycles. The number of fused-ring (bicyclic) bond motifs is 1. The molecule has 4 nitrogen and oxygen atoms in total. The molecule has 3 rings (SSSR count).